The summed E-state index contributed by atoms with van der Waals surface area (Å²) in [5.41, 5.74) is 0.343. The van der Waals surface area contributed by atoms with Crippen molar-refractivity contribution in [3.05, 3.63) is 89.5 Å². The third-order valence-corrected chi connectivity index (χ3v) is 9.66. The van der Waals surface area contributed by atoms with E-state index in [4.69, 9.17) is 4.74 Å². The van der Waals surface area contributed by atoms with Crippen LogP contribution < -0.4 is 14.2 Å². The number of carbonyl (C=O) groups is 1. The molecule has 0 aliphatic carbocycles. The lowest BCUT2D eigenvalue weighted by Gasteiger charge is -2.42. The summed E-state index contributed by atoms with van der Waals surface area (Å²) in [5.74, 6) is -0.956. The number of hydrogen-bond donors (Lipinski definition) is 2. The zero-order valence-corrected chi connectivity index (χ0v) is 25.9. The lowest BCUT2D eigenvalue weighted by molar-refractivity contribution is -0.275. The number of fused-ring (bicyclic) bond motifs is 1. The van der Waals surface area contributed by atoms with Gasteiger partial charge in [0.25, 0.3) is 5.91 Å². The lowest BCUT2D eigenvalue weighted by Crippen LogP contribution is -2.53. The number of sulfonamides is 1. The van der Waals surface area contributed by atoms with Gasteiger partial charge in [-0.2, -0.15) is 0 Å². The highest BCUT2D eigenvalue weighted by Crippen LogP contribution is 2.42. The van der Waals surface area contributed by atoms with Gasteiger partial charge >= 0.3 is 6.36 Å². The molecule has 1 fully saturated rings. The fourth-order valence-corrected chi connectivity index (χ4v) is 7.31. The van der Waals surface area contributed by atoms with Crippen LogP contribution >= 0.6 is 0 Å². The van der Waals surface area contributed by atoms with Crippen LogP contribution in [0.2, 0.25) is 0 Å². The van der Waals surface area contributed by atoms with Gasteiger partial charge in [0.05, 0.1) is 6.04 Å². The molecule has 0 radical (unpaired) electrons. The second-order valence-corrected chi connectivity index (χ2v) is 13.4. The Balaban J connectivity index is 1.42. The molecule has 1 unspecified atom stereocenters. The molecule has 13 heteroatoms. The van der Waals surface area contributed by atoms with Gasteiger partial charge in [-0.05, 0) is 63.1 Å². The van der Waals surface area contributed by atoms with E-state index in [2.05, 4.69) is 26.5 Å². The largest absolute Gasteiger partial charge is 0.573 e. The number of nitrogens with one attached hydrogen (secondary N) is 1. The van der Waals surface area contributed by atoms with Gasteiger partial charge in [-0.1, -0.05) is 42.5 Å². The number of benzene rings is 3. The number of likely N-dealkylation sites (N-methyl/N-ethyl adjacent to an activating group) is 1. The number of likely N-dealkylation sites (tertiary alicyclic amines) is 1. The Morgan fingerprint density at radius 1 is 1.11 bits per heavy atom. The predicted octanol–water partition coefficient (Wildman–Crippen LogP) is 4.87. The number of carbonyl (C=O) groups excluding carboxylic acids is 1. The Kier molecular flexibility index (Phi) is 9.18. The van der Waals surface area contributed by atoms with Crippen LogP contribution in [-0.2, 0) is 16.6 Å². The molecule has 242 valence electrons. The fourth-order valence-electron chi connectivity index (χ4n) is 5.96. The van der Waals surface area contributed by atoms with E-state index >= 15 is 0 Å². The molecule has 2 N–H and O–H groups in total. The van der Waals surface area contributed by atoms with Crippen LogP contribution in [0.4, 0.5) is 13.2 Å². The van der Waals surface area contributed by atoms with Crippen LogP contribution in [-0.4, -0.2) is 73.0 Å². The standard InChI is InChI=1S/C32H36F3N3O6S/c1-4-38(23-16-17-37(20-23)19-21-10-6-5-7-11-21)30(40)22-14-15-25-24(18-22)28(29(39)31(2,3)43-25)36-45(41,42)27-13-9-8-12-26(27)44-32(33,34)35/h5-15,18,23,28-29,36,39H,4,16-17,19-20H2,1-3H3/t23?,28-,29+/m1/s1. The molecule has 0 bridgehead atoms. The zero-order chi connectivity index (χ0) is 32.6. The normalized spacial score (nSPS) is 21.5. The molecule has 0 aromatic heterocycles. The third kappa shape index (κ3) is 7.27. The van der Waals surface area contributed by atoms with E-state index in [1.165, 1.54) is 23.8 Å². The van der Waals surface area contributed by atoms with E-state index in [1.807, 2.05) is 25.1 Å². The fraction of sp³-hybridized carbons (Fsp3) is 0.406. The number of amides is 1. The highest BCUT2D eigenvalue weighted by atomic mass is 32.2. The van der Waals surface area contributed by atoms with E-state index in [-0.39, 0.29) is 28.8 Å². The summed E-state index contributed by atoms with van der Waals surface area (Å²) in [6, 6.07) is 17.6. The Labute approximate surface area is 260 Å². The van der Waals surface area contributed by atoms with Gasteiger partial charge in [0, 0.05) is 43.3 Å². The summed E-state index contributed by atoms with van der Waals surface area (Å²) >= 11 is 0. The van der Waals surface area contributed by atoms with Crippen LogP contribution in [0.5, 0.6) is 11.5 Å². The highest BCUT2D eigenvalue weighted by molar-refractivity contribution is 7.89. The predicted molar refractivity (Wildman–Crippen MR) is 160 cm³/mol. The molecule has 1 amide bonds. The van der Waals surface area contributed by atoms with Gasteiger partial charge < -0.3 is 19.5 Å². The molecule has 3 aromatic rings. The second kappa shape index (κ2) is 12.6. The summed E-state index contributed by atoms with van der Waals surface area (Å²) in [6.45, 7) is 7.74. The molecule has 0 saturated carbocycles. The Bertz CT molecular complexity index is 1630. The number of para-hydroxylation sites is 1. The maximum atomic E-state index is 13.9. The number of rotatable bonds is 9. The molecule has 0 spiro atoms. The third-order valence-electron chi connectivity index (χ3n) is 8.18. The minimum atomic E-state index is -5.13. The van der Waals surface area contributed by atoms with Crippen molar-refractivity contribution in [1.29, 1.82) is 0 Å². The first-order valence-corrected chi connectivity index (χ1v) is 16.1. The molecule has 2 aliphatic heterocycles. The van der Waals surface area contributed by atoms with E-state index in [9.17, 15) is 31.5 Å². The van der Waals surface area contributed by atoms with Gasteiger partial charge in [-0.25, -0.2) is 13.1 Å². The highest BCUT2D eigenvalue weighted by Gasteiger charge is 2.46. The topological polar surface area (TPSA) is 108 Å². The molecule has 45 heavy (non-hydrogen) atoms. The van der Waals surface area contributed by atoms with E-state index < -0.39 is 44.8 Å². The van der Waals surface area contributed by atoms with E-state index in [0.29, 0.717) is 13.1 Å². The Hall–Kier alpha value is -3.65. The van der Waals surface area contributed by atoms with Crippen molar-refractivity contribution in [3.63, 3.8) is 0 Å². The zero-order valence-electron chi connectivity index (χ0n) is 25.1. The summed E-state index contributed by atoms with van der Waals surface area (Å²) in [7, 11) is -4.68. The molecule has 5 rings (SSSR count). The maximum Gasteiger partial charge on any atom is 0.573 e. The quantitative estimate of drug-likeness (QED) is 0.341. The van der Waals surface area contributed by atoms with Crippen LogP contribution in [0.15, 0.2) is 77.7 Å². The minimum Gasteiger partial charge on any atom is -0.485 e. The number of nitrogens with zero attached hydrogens (tertiary/aromatic N) is 2. The molecule has 3 atom stereocenters. The van der Waals surface area contributed by atoms with Crippen LogP contribution in [0.1, 0.15) is 54.7 Å². The summed E-state index contributed by atoms with van der Waals surface area (Å²) in [6.07, 6.45) is -5.81. The first-order valence-electron chi connectivity index (χ1n) is 14.6. The van der Waals surface area contributed by atoms with Gasteiger partial charge in [0.15, 0.2) is 0 Å². The average molecular weight is 648 g/mol. The molecule has 2 heterocycles. The average Bonchev–Trinajstić information content (AvgIpc) is 3.43. The lowest BCUT2D eigenvalue weighted by atomic mass is 9.86. The number of aliphatic hydroxyl groups is 1. The molecular formula is C32H36F3N3O6S. The summed E-state index contributed by atoms with van der Waals surface area (Å²) < 4.78 is 78.4. The van der Waals surface area contributed by atoms with Crippen LogP contribution in [0, 0.1) is 0 Å². The first-order chi connectivity index (χ1) is 21.2. The Morgan fingerprint density at radius 3 is 2.49 bits per heavy atom. The second-order valence-electron chi connectivity index (χ2n) is 11.8. The van der Waals surface area contributed by atoms with E-state index in [0.717, 1.165) is 31.6 Å². The van der Waals surface area contributed by atoms with Crippen molar-refractivity contribution >= 4 is 15.9 Å². The monoisotopic (exact) mass is 647 g/mol. The first kappa shape index (κ1) is 32.7. The van der Waals surface area contributed by atoms with Crippen LogP contribution in [0.3, 0.4) is 0 Å². The number of halogens is 3. The van der Waals surface area contributed by atoms with Crippen molar-refractivity contribution in [3.8, 4) is 11.5 Å². The van der Waals surface area contributed by atoms with Gasteiger partial charge in [-0.3, -0.25) is 9.69 Å². The van der Waals surface area contributed by atoms with Crippen LogP contribution in [0.25, 0.3) is 0 Å². The van der Waals surface area contributed by atoms with Crippen molar-refractivity contribution < 1.29 is 41.0 Å². The maximum absolute atomic E-state index is 13.9. The van der Waals surface area contributed by atoms with Crippen molar-refractivity contribution in [2.75, 3.05) is 19.6 Å². The minimum absolute atomic E-state index is 0.0394. The molecular weight excluding hydrogens is 611 g/mol. The smallest absolute Gasteiger partial charge is 0.485 e. The molecule has 3 aromatic carbocycles. The number of ether oxygens (including phenoxy) is 2. The molecule has 1 saturated heterocycles. The Morgan fingerprint density at radius 2 is 1.80 bits per heavy atom. The van der Waals surface area contributed by atoms with Gasteiger partial charge in [0.2, 0.25) is 10.0 Å². The van der Waals surface area contributed by atoms with Crippen molar-refractivity contribution in [2.45, 2.75) is 68.8 Å². The SMILES string of the molecule is CCN(C(=O)c1ccc2c(c1)[C@@H](NS(=O)(=O)c1ccccc1OC(F)(F)F)[C@H](O)C(C)(C)O2)C1CCN(Cc2ccccc2)C1. The van der Waals surface area contributed by atoms with Gasteiger partial charge in [-0.15, -0.1) is 13.2 Å². The van der Waals surface area contributed by atoms with E-state index in [1.54, 1.807) is 30.9 Å². The van der Waals surface area contributed by atoms with Crippen molar-refractivity contribution in [2.24, 2.45) is 0 Å². The summed E-state index contributed by atoms with van der Waals surface area (Å²) in [5, 5.41) is 11.3. The number of aliphatic hydroxyl groups excluding tert-OH is 1. The molecule has 9 nitrogen and oxygen atoms in total. The number of alkyl halides is 3. The molecule has 2 aliphatic rings. The van der Waals surface area contributed by atoms with Crippen molar-refractivity contribution in [1.82, 2.24) is 14.5 Å². The van der Waals surface area contributed by atoms with Gasteiger partial charge in [0.1, 0.15) is 28.1 Å². The number of hydrogen-bond acceptors (Lipinski definition) is 7. The summed E-state index contributed by atoms with van der Waals surface area (Å²) in [4.78, 5) is 17.2.